The SMILES string of the molecule is CCCCC(CC)CNCc1cccn1-c1nc(C)cc(C)n1. The van der Waals surface area contributed by atoms with Crippen LogP contribution in [0.5, 0.6) is 0 Å². The number of nitrogens with one attached hydrogen (secondary N) is 1. The molecule has 23 heavy (non-hydrogen) atoms. The van der Waals surface area contributed by atoms with E-state index in [1.54, 1.807) is 0 Å². The zero-order valence-corrected chi connectivity index (χ0v) is 15.0. The van der Waals surface area contributed by atoms with Gasteiger partial charge in [0, 0.05) is 29.8 Å². The van der Waals surface area contributed by atoms with Crippen molar-refractivity contribution in [3.8, 4) is 5.95 Å². The Morgan fingerprint density at radius 2 is 1.91 bits per heavy atom. The lowest BCUT2D eigenvalue weighted by Gasteiger charge is -2.16. The van der Waals surface area contributed by atoms with Gasteiger partial charge in [-0.25, -0.2) is 9.97 Å². The Morgan fingerprint density at radius 3 is 2.57 bits per heavy atom. The van der Waals surface area contributed by atoms with Crippen LogP contribution in [0.3, 0.4) is 0 Å². The molecule has 0 saturated heterocycles. The molecule has 0 aliphatic carbocycles. The van der Waals surface area contributed by atoms with Gasteiger partial charge in [-0.05, 0) is 50.9 Å². The van der Waals surface area contributed by atoms with Crippen LogP contribution < -0.4 is 5.32 Å². The third kappa shape index (κ3) is 5.17. The highest BCUT2D eigenvalue weighted by Crippen LogP contribution is 2.13. The summed E-state index contributed by atoms with van der Waals surface area (Å²) in [6.45, 7) is 10.5. The number of nitrogens with zero attached hydrogens (tertiary/aromatic N) is 3. The summed E-state index contributed by atoms with van der Waals surface area (Å²) in [6.07, 6.45) is 7.21. The summed E-state index contributed by atoms with van der Waals surface area (Å²) in [4.78, 5) is 9.12. The summed E-state index contributed by atoms with van der Waals surface area (Å²) in [5, 5.41) is 3.61. The molecule has 4 nitrogen and oxygen atoms in total. The van der Waals surface area contributed by atoms with E-state index < -0.39 is 0 Å². The van der Waals surface area contributed by atoms with E-state index in [9.17, 15) is 0 Å². The van der Waals surface area contributed by atoms with Crippen molar-refractivity contribution in [2.45, 2.75) is 59.9 Å². The Labute approximate surface area is 140 Å². The summed E-state index contributed by atoms with van der Waals surface area (Å²) >= 11 is 0. The average molecular weight is 314 g/mol. The van der Waals surface area contributed by atoms with Gasteiger partial charge in [0.25, 0.3) is 0 Å². The standard InChI is InChI=1S/C19H30N4/c1-5-7-9-17(6-2)13-20-14-18-10-8-11-23(18)19-21-15(3)12-16(4)22-19/h8,10-12,17,20H,5-7,9,13-14H2,1-4H3. The minimum Gasteiger partial charge on any atom is -0.311 e. The predicted molar refractivity (Wildman–Crippen MR) is 95.8 cm³/mol. The van der Waals surface area contributed by atoms with Crippen LogP contribution in [0.4, 0.5) is 0 Å². The number of hydrogen-bond donors (Lipinski definition) is 1. The molecule has 2 rings (SSSR count). The molecule has 1 unspecified atom stereocenters. The number of aryl methyl sites for hydroxylation is 2. The van der Waals surface area contributed by atoms with Crippen molar-refractivity contribution in [3.63, 3.8) is 0 Å². The van der Waals surface area contributed by atoms with E-state index in [1.165, 1.54) is 31.4 Å². The van der Waals surface area contributed by atoms with Crippen LogP contribution in [0, 0.1) is 19.8 Å². The van der Waals surface area contributed by atoms with E-state index in [0.717, 1.165) is 36.3 Å². The first kappa shape index (κ1) is 17.7. The first-order chi connectivity index (χ1) is 11.1. The van der Waals surface area contributed by atoms with E-state index in [1.807, 2.05) is 26.1 Å². The molecule has 1 atom stereocenters. The van der Waals surface area contributed by atoms with Crippen molar-refractivity contribution in [3.05, 3.63) is 41.5 Å². The molecule has 0 aliphatic heterocycles. The van der Waals surface area contributed by atoms with Crippen LogP contribution in [-0.2, 0) is 6.54 Å². The highest BCUT2D eigenvalue weighted by molar-refractivity contribution is 5.24. The summed E-state index contributed by atoms with van der Waals surface area (Å²) < 4.78 is 2.08. The molecule has 0 saturated carbocycles. The Balaban J connectivity index is 1.98. The minimum atomic E-state index is 0.766. The minimum absolute atomic E-state index is 0.766. The summed E-state index contributed by atoms with van der Waals surface area (Å²) in [5.41, 5.74) is 3.22. The fourth-order valence-corrected chi connectivity index (χ4v) is 2.92. The van der Waals surface area contributed by atoms with Gasteiger partial charge in [-0.15, -0.1) is 0 Å². The highest BCUT2D eigenvalue weighted by atomic mass is 15.2. The van der Waals surface area contributed by atoms with E-state index >= 15 is 0 Å². The average Bonchev–Trinajstić information content (AvgIpc) is 2.98. The molecule has 0 spiro atoms. The Hall–Kier alpha value is -1.68. The maximum absolute atomic E-state index is 4.56. The molecule has 2 aromatic heterocycles. The normalized spacial score (nSPS) is 12.5. The molecule has 0 bridgehead atoms. The first-order valence-electron chi connectivity index (χ1n) is 8.83. The van der Waals surface area contributed by atoms with Crippen molar-refractivity contribution in [1.82, 2.24) is 19.9 Å². The fourth-order valence-electron chi connectivity index (χ4n) is 2.92. The monoisotopic (exact) mass is 314 g/mol. The number of hydrogen-bond acceptors (Lipinski definition) is 3. The van der Waals surface area contributed by atoms with Crippen molar-refractivity contribution in [2.75, 3.05) is 6.54 Å². The number of unbranched alkanes of at least 4 members (excludes halogenated alkanes) is 1. The topological polar surface area (TPSA) is 42.7 Å². The lowest BCUT2D eigenvalue weighted by atomic mass is 9.99. The van der Waals surface area contributed by atoms with Gasteiger partial charge in [0.2, 0.25) is 5.95 Å². The van der Waals surface area contributed by atoms with Crippen LogP contribution >= 0.6 is 0 Å². The van der Waals surface area contributed by atoms with Crippen LogP contribution in [-0.4, -0.2) is 21.1 Å². The first-order valence-corrected chi connectivity index (χ1v) is 8.83. The van der Waals surface area contributed by atoms with Gasteiger partial charge in [0.05, 0.1) is 0 Å². The Bertz CT molecular complexity index is 583. The Kier molecular flexibility index (Phi) is 6.78. The molecule has 0 fully saturated rings. The van der Waals surface area contributed by atoms with E-state index in [0.29, 0.717) is 0 Å². The number of rotatable bonds is 9. The summed E-state index contributed by atoms with van der Waals surface area (Å²) in [7, 11) is 0. The molecule has 2 aromatic rings. The van der Waals surface area contributed by atoms with Gasteiger partial charge in [0.15, 0.2) is 0 Å². The molecule has 0 radical (unpaired) electrons. The van der Waals surface area contributed by atoms with E-state index in [4.69, 9.17) is 0 Å². The van der Waals surface area contributed by atoms with E-state index in [-0.39, 0.29) is 0 Å². The molecule has 0 aliphatic rings. The van der Waals surface area contributed by atoms with Gasteiger partial charge < -0.3 is 5.32 Å². The lowest BCUT2D eigenvalue weighted by Crippen LogP contribution is -2.23. The molecule has 0 amide bonds. The smallest absolute Gasteiger partial charge is 0.234 e. The molecule has 2 heterocycles. The van der Waals surface area contributed by atoms with Gasteiger partial charge in [-0.3, -0.25) is 4.57 Å². The number of aromatic nitrogens is 3. The van der Waals surface area contributed by atoms with Gasteiger partial charge in [0.1, 0.15) is 0 Å². The predicted octanol–water partition coefficient (Wildman–Crippen LogP) is 4.19. The van der Waals surface area contributed by atoms with Crippen LogP contribution in [0.25, 0.3) is 5.95 Å². The molecule has 0 aromatic carbocycles. The maximum atomic E-state index is 4.56. The van der Waals surface area contributed by atoms with E-state index in [2.05, 4.69) is 45.8 Å². The van der Waals surface area contributed by atoms with Crippen molar-refractivity contribution >= 4 is 0 Å². The van der Waals surface area contributed by atoms with Gasteiger partial charge >= 0.3 is 0 Å². The zero-order valence-electron chi connectivity index (χ0n) is 15.0. The summed E-state index contributed by atoms with van der Waals surface area (Å²) in [5.74, 6) is 1.54. The molecule has 4 heteroatoms. The quantitative estimate of drug-likeness (QED) is 0.754. The molecular formula is C19H30N4. The molecular weight excluding hydrogens is 284 g/mol. The van der Waals surface area contributed by atoms with Crippen LogP contribution in [0.2, 0.25) is 0 Å². The van der Waals surface area contributed by atoms with Crippen LogP contribution in [0.15, 0.2) is 24.4 Å². The Morgan fingerprint density at radius 1 is 1.17 bits per heavy atom. The van der Waals surface area contributed by atoms with Crippen molar-refractivity contribution in [2.24, 2.45) is 5.92 Å². The second-order valence-electron chi connectivity index (χ2n) is 6.37. The lowest BCUT2D eigenvalue weighted by molar-refractivity contribution is 0.417. The van der Waals surface area contributed by atoms with Crippen molar-refractivity contribution < 1.29 is 0 Å². The van der Waals surface area contributed by atoms with Gasteiger partial charge in [-0.1, -0.05) is 33.1 Å². The van der Waals surface area contributed by atoms with Gasteiger partial charge in [-0.2, -0.15) is 0 Å². The highest BCUT2D eigenvalue weighted by Gasteiger charge is 2.09. The largest absolute Gasteiger partial charge is 0.311 e. The second-order valence-corrected chi connectivity index (χ2v) is 6.37. The molecule has 1 N–H and O–H groups in total. The third-order valence-electron chi connectivity index (χ3n) is 4.30. The van der Waals surface area contributed by atoms with Crippen LogP contribution in [0.1, 0.15) is 56.6 Å². The summed E-state index contributed by atoms with van der Waals surface area (Å²) in [6, 6.07) is 6.21. The zero-order chi connectivity index (χ0) is 16.7. The fraction of sp³-hybridized carbons (Fsp3) is 0.579. The second kappa shape index (κ2) is 8.82. The maximum Gasteiger partial charge on any atom is 0.234 e. The van der Waals surface area contributed by atoms with Crippen molar-refractivity contribution in [1.29, 1.82) is 0 Å². The third-order valence-corrected chi connectivity index (χ3v) is 4.30. The molecule has 126 valence electrons.